The molecule has 11 nitrogen and oxygen atoms in total. The Hall–Kier alpha value is -3.17. The zero-order valence-corrected chi connectivity index (χ0v) is 24.7. The lowest BCUT2D eigenvalue weighted by Gasteiger charge is -2.32. The average molecular weight is 591 g/mol. The molecular weight excluding hydrogens is 547 g/mol. The first-order valence-electron chi connectivity index (χ1n) is 14.3. The Bertz CT molecular complexity index is 1150. The summed E-state index contributed by atoms with van der Waals surface area (Å²) in [4.78, 5) is 56.4. The lowest BCUT2D eigenvalue weighted by molar-refractivity contribution is -0.141. The van der Waals surface area contributed by atoms with E-state index in [1.54, 1.807) is 18.3 Å². The number of aliphatic carboxylic acids is 1. The van der Waals surface area contributed by atoms with Gasteiger partial charge in [-0.25, -0.2) is 9.78 Å². The molecule has 0 bridgehead atoms. The number of amides is 2. The standard InChI is InChI=1S/C29H43N4O7P/c1-20(2)13-23(28(35)36)18-41(38,39)26(14-21-9-5-3-6-10-21)33-27(34)25(15-24-16-30-19-31-24)32-29(37)40-17-22-11-7-4-8-12-22/h4,7-8,11-12,16,19-21,23,25-26H,3,5-6,9-10,13-15,17-18H2,1-2H3,(H,30,31)(H,32,37)(H,33,34)(H,35,36)(H,38,39)/t23?,25-,26?/m0/s1. The first kappa shape index (κ1) is 32.3. The second-order valence-corrected chi connectivity index (χ2v) is 13.9. The number of rotatable bonds is 15. The van der Waals surface area contributed by atoms with Gasteiger partial charge in [0.05, 0.1) is 17.9 Å². The summed E-state index contributed by atoms with van der Waals surface area (Å²) in [5, 5.41) is 15.1. The normalized spacial score (nSPS) is 17.7. The van der Waals surface area contributed by atoms with Gasteiger partial charge in [-0.05, 0) is 30.2 Å². The Kier molecular flexibility index (Phi) is 12.4. The summed E-state index contributed by atoms with van der Waals surface area (Å²) in [5.41, 5.74) is 1.28. The number of ether oxygens (including phenoxy) is 1. The van der Waals surface area contributed by atoms with Crippen molar-refractivity contribution in [2.75, 3.05) is 6.16 Å². The Morgan fingerprint density at radius 3 is 2.44 bits per heavy atom. The molecule has 5 N–H and O–H groups in total. The van der Waals surface area contributed by atoms with E-state index in [0.29, 0.717) is 5.69 Å². The Morgan fingerprint density at radius 1 is 1.12 bits per heavy atom. The Balaban J connectivity index is 1.78. The molecule has 0 spiro atoms. The van der Waals surface area contributed by atoms with Crippen molar-refractivity contribution in [3.8, 4) is 0 Å². The number of aromatic amines is 1. The van der Waals surface area contributed by atoms with Gasteiger partial charge in [0.1, 0.15) is 18.4 Å². The smallest absolute Gasteiger partial charge is 0.408 e. The van der Waals surface area contributed by atoms with Crippen molar-refractivity contribution in [2.24, 2.45) is 17.8 Å². The lowest BCUT2D eigenvalue weighted by Crippen LogP contribution is -2.51. The van der Waals surface area contributed by atoms with Gasteiger partial charge in [-0.3, -0.25) is 14.2 Å². The number of carbonyl (C=O) groups is 3. The number of carboxylic acid groups (broad SMARTS) is 1. The molecule has 3 unspecified atom stereocenters. The predicted octanol–water partition coefficient (Wildman–Crippen LogP) is 4.68. The number of nitrogens with one attached hydrogen (secondary N) is 3. The highest BCUT2D eigenvalue weighted by molar-refractivity contribution is 7.58. The van der Waals surface area contributed by atoms with Crippen LogP contribution in [0.25, 0.3) is 0 Å². The minimum atomic E-state index is -4.17. The maximum atomic E-state index is 13.8. The van der Waals surface area contributed by atoms with Crippen LogP contribution in [0.5, 0.6) is 0 Å². The summed E-state index contributed by atoms with van der Waals surface area (Å²) < 4.78 is 19.1. The largest absolute Gasteiger partial charge is 0.481 e. The van der Waals surface area contributed by atoms with Crippen molar-refractivity contribution in [1.82, 2.24) is 20.6 Å². The number of carboxylic acids is 1. The van der Waals surface area contributed by atoms with Crippen LogP contribution in [0.1, 0.15) is 70.1 Å². The molecule has 1 heterocycles. The number of aromatic nitrogens is 2. The van der Waals surface area contributed by atoms with Crippen LogP contribution in [-0.2, 0) is 31.9 Å². The summed E-state index contributed by atoms with van der Waals surface area (Å²) in [7, 11) is -4.17. The molecule has 1 aliphatic rings. The monoisotopic (exact) mass is 590 g/mol. The van der Waals surface area contributed by atoms with E-state index in [1.165, 1.54) is 6.33 Å². The van der Waals surface area contributed by atoms with Crippen molar-refractivity contribution in [1.29, 1.82) is 0 Å². The number of hydrogen-bond donors (Lipinski definition) is 5. The summed E-state index contributed by atoms with van der Waals surface area (Å²) in [6.07, 6.45) is 7.19. The van der Waals surface area contributed by atoms with Crippen LogP contribution < -0.4 is 10.6 Å². The van der Waals surface area contributed by atoms with Gasteiger partial charge in [-0.15, -0.1) is 0 Å². The highest BCUT2D eigenvalue weighted by Crippen LogP contribution is 2.51. The third-order valence-corrected chi connectivity index (χ3v) is 9.73. The van der Waals surface area contributed by atoms with Gasteiger partial charge in [-0.2, -0.15) is 0 Å². The fourth-order valence-electron chi connectivity index (χ4n) is 5.32. The van der Waals surface area contributed by atoms with Crippen LogP contribution in [0.4, 0.5) is 4.79 Å². The zero-order valence-electron chi connectivity index (χ0n) is 23.8. The van der Waals surface area contributed by atoms with Crippen LogP contribution in [0.15, 0.2) is 42.9 Å². The Labute approximate surface area is 241 Å². The summed E-state index contributed by atoms with van der Waals surface area (Å²) in [5.74, 6) is -3.78. The number of benzene rings is 1. The van der Waals surface area contributed by atoms with Gasteiger partial charge in [0.15, 0.2) is 0 Å². The van der Waals surface area contributed by atoms with E-state index in [1.807, 2.05) is 32.0 Å². The van der Waals surface area contributed by atoms with Gasteiger partial charge < -0.3 is 30.4 Å². The molecule has 12 heteroatoms. The van der Waals surface area contributed by atoms with Crippen molar-refractivity contribution in [2.45, 2.75) is 83.6 Å². The zero-order chi connectivity index (χ0) is 29.8. The van der Waals surface area contributed by atoms with Gasteiger partial charge >= 0.3 is 12.1 Å². The maximum Gasteiger partial charge on any atom is 0.408 e. The van der Waals surface area contributed by atoms with Crippen molar-refractivity contribution in [3.63, 3.8) is 0 Å². The quantitative estimate of drug-likeness (QED) is 0.186. The van der Waals surface area contributed by atoms with E-state index in [9.17, 15) is 28.9 Å². The Morgan fingerprint density at radius 2 is 1.83 bits per heavy atom. The van der Waals surface area contributed by atoms with Crippen LogP contribution in [0.3, 0.4) is 0 Å². The third-order valence-electron chi connectivity index (χ3n) is 7.45. The molecule has 2 amide bonds. The second-order valence-electron chi connectivity index (χ2n) is 11.4. The average Bonchev–Trinajstić information content (AvgIpc) is 3.45. The van der Waals surface area contributed by atoms with Crippen molar-refractivity contribution < 1.29 is 33.7 Å². The molecule has 1 aromatic carbocycles. The summed E-state index contributed by atoms with van der Waals surface area (Å²) in [6, 6.07) is 7.96. The summed E-state index contributed by atoms with van der Waals surface area (Å²) in [6.45, 7) is 3.73. The van der Waals surface area contributed by atoms with E-state index in [4.69, 9.17) is 4.74 Å². The number of hydrogen-bond acceptors (Lipinski definition) is 6. The van der Waals surface area contributed by atoms with E-state index < -0.39 is 49.2 Å². The third kappa shape index (κ3) is 11.0. The van der Waals surface area contributed by atoms with Gasteiger partial charge in [0.2, 0.25) is 13.3 Å². The number of nitrogens with zero attached hydrogens (tertiary/aromatic N) is 1. The minimum absolute atomic E-state index is 0.00594. The number of alkyl carbamates (subject to hydrolysis) is 1. The van der Waals surface area contributed by atoms with Crippen LogP contribution in [0, 0.1) is 17.8 Å². The fraction of sp³-hybridized carbons (Fsp3) is 0.586. The molecule has 0 radical (unpaired) electrons. The minimum Gasteiger partial charge on any atom is -0.481 e. The number of carbonyl (C=O) groups excluding carboxylic acids is 2. The molecule has 1 aliphatic carbocycles. The van der Waals surface area contributed by atoms with Gasteiger partial charge in [0, 0.05) is 18.8 Å². The first-order valence-corrected chi connectivity index (χ1v) is 16.2. The molecule has 0 saturated heterocycles. The molecule has 1 aromatic heterocycles. The second kappa shape index (κ2) is 15.7. The molecule has 4 atom stereocenters. The van der Waals surface area contributed by atoms with Crippen LogP contribution in [-0.4, -0.2) is 55.9 Å². The van der Waals surface area contributed by atoms with E-state index >= 15 is 0 Å². The molecule has 3 rings (SSSR count). The molecule has 41 heavy (non-hydrogen) atoms. The van der Waals surface area contributed by atoms with Crippen LogP contribution in [0.2, 0.25) is 0 Å². The molecular formula is C29H43N4O7P. The SMILES string of the molecule is CC(C)CC(CP(=O)(O)C(CC1CCCCC1)NC(=O)[C@H](Cc1c[nH]cn1)NC(=O)OCc1ccccc1)C(=O)O. The molecule has 226 valence electrons. The predicted molar refractivity (Wildman–Crippen MR) is 154 cm³/mol. The van der Waals surface area contributed by atoms with E-state index in [2.05, 4.69) is 20.6 Å². The lowest BCUT2D eigenvalue weighted by atomic mass is 9.87. The highest BCUT2D eigenvalue weighted by Gasteiger charge is 2.40. The van der Waals surface area contributed by atoms with E-state index in [-0.39, 0.29) is 37.7 Å². The first-order chi connectivity index (χ1) is 19.5. The summed E-state index contributed by atoms with van der Waals surface area (Å²) >= 11 is 0. The molecule has 2 aromatic rings. The highest BCUT2D eigenvalue weighted by atomic mass is 31.2. The van der Waals surface area contributed by atoms with Crippen molar-refractivity contribution >= 4 is 25.3 Å². The number of imidazole rings is 1. The molecule has 0 aliphatic heterocycles. The topological polar surface area (TPSA) is 171 Å². The van der Waals surface area contributed by atoms with Crippen LogP contribution >= 0.6 is 7.37 Å². The van der Waals surface area contributed by atoms with E-state index in [0.717, 1.165) is 37.7 Å². The fourth-order valence-corrected chi connectivity index (χ4v) is 7.47. The van der Waals surface area contributed by atoms with Gasteiger partial charge in [0.25, 0.3) is 0 Å². The molecule has 1 fully saturated rings. The maximum absolute atomic E-state index is 13.8. The number of H-pyrrole nitrogens is 1. The van der Waals surface area contributed by atoms with Crippen molar-refractivity contribution in [3.05, 3.63) is 54.1 Å². The van der Waals surface area contributed by atoms with Gasteiger partial charge in [-0.1, -0.05) is 76.3 Å². The molecule has 1 saturated carbocycles.